The number of carbonyl (C=O) groups is 2. The molecule has 2 saturated heterocycles. The van der Waals surface area contributed by atoms with Crippen LogP contribution in [0.5, 0.6) is 0 Å². The van der Waals surface area contributed by atoms with Crippen molar-refractivity contribution >= 4 is 34.9 Å². The first-order valence-electron chi connectivity index (χ1n) is 10.5. The third kappa shape index (κ3) is 3.48. The van der Waals surface area contributed by atoms with Crippen LogP contribution in [0.3, 0.4) is 0 Å². The van der Waals surface area contributed by atoms with Gasteiger partial charge in [0.15, 0.2) is 0 Å². The first-order valence-corrected chi connectivity index (χ1v) is 10.9. The zero-order valence-electron chi connectivity index (χ0n) is 17.3. The van der Waals surface area contributed by atoms with Crippen molar-refractivity contribution < 1.29 is 9.59 Å². The molecule has 162 valence electrons. The van der Waals surface area contributed by atoms with Crippen LogP contribution in [0.4, 0.5) is 16.2 Å². The van der Waals surface area contributed by atoms with Crippen LogP contribution in [-0.2, 0) is 4.79 Å². The lowest BCUT2D eigenvalue weighted by atomic mass is 9.63. The monoisotopic (exact) mass is 447 g/mol. The maximum atomic E-state index is 13.5. The highest BCUT2D eigenvalue weighted by atomic mass is 35.5. The van der Waals surface area contributed by atoms with Crippen molar-refractivity contribution in [1.82, 2.24) is 14.9 Å². The molecule has 1 aromatic carbocycles. The summed E-state index contributed by atoms with van der Waals surface area (Å²) in [5.41, 5.74) is 1.68. The molecule has 0 radical (unpaired) electrons. The van der Waals surface area contributed by atoms with Gasteiger partial charge in [-0.25, -0.2) is 4.79 Å². The molecule has 7 nitrogen and oxygen atoms in total. The largest absolute Gasteiger partial charge is 0.324 e. The number of amides is 3. The zero-order chi connectivity index (χ0) is 22.1. The molecule has 3 aromatic rings. The maximum absolute atomic E-state index is 13.5. The Morgan fingerprint density at radius 1 is 1.06 bits per heavy atom. The van der Waals surface area contributed by atoms with Crippen molar-refractivity contribution in [2.45, 2.75) is 18.9 Å². The molecule has 2 aromatic heterocycles. The number of piperidine rings is 1. The number of halogens is 1. The number of β-lactam (4-membered cyclic amide) rings is 1. The molecule has 3 amide bonds. The number of pyridine rings is 2. The van der Waals surface area contributed by atoms with Gasteiger partial charge in [-0.15, -0.1) is 0 Å². The molecular formula is C24H22ClN5O2. The number of aromatic nitrogens is 2. The van der Waals surface area contributed by atoms with Crippen molar-refractivity contribution in [3.8, 4) is 0 Å². The first kappa shape index (κ1) is 20.5. The van der Waals surface area contributed by atoms with Crippen LogP contribution in [0, 0.1) is 5.41 Å². The van der Waals surface area contributed by atoms with E-state index in [9.17, 15) is 9.59 Å². The first-order chi connectivity index (χ1) is 15.6. The zero-order valence-corrected chi connectivity index (χ0v) is 18.1. The molecule has 0 saturated carbocycles. The molecule has 2 aliphatic rings. The number of nitrogens with one attached hydrogen (secondary N) is 1. The summed E-state index contributed by atoms with van der Waals surface area (Å²) in [7, 11) is 0. The predicted molar refractivity (Wildman–Crippen MR) is 122 cm³/mol. The number of urea groups is 1. The number of rotatable bonds is 3. The third-order valence-corrected chi connectivity index (χ3v) is 6.57. The lowest BCUT2D eigenvalue weighted by molar-refractivity contribution is -0.144. The molecule has 2 fully saturated rings. The second-order valence-electron chi connectivity index (χ2n) is 8.13. The Hall–Kier alpha value is -3.45. The Morgan fingerprint density at radius 3 is 2.59 bits per heavy atom. The minimum atomic E-state index is -0.582. The van der Waals surface area contributed by atoms with E-state index in [1.165, 1.54) is 0 Å². The van der Waals surface area contributed by atoms with Crippen molar-refractivity contribution in [1.29, 1.82) is 0 Å². The van der Waals surface area contributed by atoms with Crippen LogP contribution in [-0.4, -0.2) is 39.9 Å². The van der Waals surface area contributed by atoms with Gasteiger partial charge < -0.3 is 15.1 Å². The fraction of sp³-hybridized carbons (Fsp3) is 0.250. The summed E-state index contributed by atoms with van der Waals surface area (Å²) in [6.07, 6.45) is 6.17. The predicted octanol–water partition coefficient (Wildman–Crippen LogP) is 4.53. The van der Waals surface area contributed by atoms with Crippen molar-refractivity contribution in [3.63, 3.8) is 0 Å². The number of carbonyl (C=O) groups excluding carboxylic acids is 2. The molecule has 32 heavy (non-hydrogen) atoms. The number of anilines is 2. The van der Waals surface area contributed by atoms with Crippen LogP contribution in [0.1, 0.15) is 24.6 Å². The van der Waals surface area contributed by atoms with Gasteiger partial charge in [0.2, 0.25) is 5.91 Å². The van der Waals surface area contributed by atoms with Gasteiger partial charge in [-0.05, 0) is 55.3 Å². The SMILES string of the molecule is O=C(Nc1cccnc1)N1CCC2(CC1)C(=O)N(c1cccc(Cl)c1)C2c1ccccn1. The van der Waals surface area contributed by atoms with E-state index in [4.69, 9.17) is 11.6 Å². The number of benzene rings is 1. The van der Waals surface area contributed by atoms with E-state index < -0.39 is 5.41 Å². The molecule has 1 unspecified atom stereocenters. The summed E-state index contributed by atoms with van der Waals surface area (Å²) >= 11 is 6.20. The second-order valence-corrected chi connectivity index (χ2v) is 8.56. The van der Waals surface area contributed by atoms with Gasteiger partial charge in [-0.2, -0.15) is 0 Å². The maximum Gasteiger partial charge on any atom is 0.321 e. The number of hydrogen-bond donors (Lipinski definition) is 1. The van der Waals surface area contributed by atoms with E-state index >= 15 is 0 Å². The van der Waals surface area contributed by atoms with E-state index in [0.29, 0.717) is 36.6 Å². The van der Waals surface area contributed by atoms with Crippen LogP contribution in [0.25, 0.3) is 0 Å². The van der Waals surface area contributed by atoms with Crippen LogP contribution in [0.15, 0.2) is 73.2 Å². The van der Waals surface area contributed by atoms with Gasteiger partial charge in [0, 0.05) is 36.2 Å². The Labute approximate surface area is 191 Å². The fourth-order valence-corrected chi connectivity index (χ4v) is 4.92. The summed E-state index contributed by atoms with van der Waals surface area (Å²) in [6, 6.07) is 16.3. The third-order valence-electron chi connectivity index (χ3n) is 6.34. The summed E-state index contributed by atoms with van der Waals surface area (Å²) in [5.74, 6) is 0.0581. The summed E-state index contributed by atoms with van der Waals surface area (Å²) in [6.45, 7) is 0.981. The van der Waals surface area contributed by atoms with Gasteiger partial charge in [0.05, 0.1) is 29.0 Å². The lowest BCUT2D eigenvalue weighted by Crippen LogP contribution is -2.67. The van der Waals surface area contributed by atoms with Crippen molar-refractivity contribution in [3.05, 3.63) is 83.9 Å². The highest BCUT2D eigenvalue weighted by Crippen LogP contribution is 2.57. The summed E-state index contributed by atoms with van der Waals surface area (Å²) in [5, 5.41) is 3.45. The van der Waals surface area contributed by atoms with E-state index in [0.717, 1.165) is 11.4 Å². The normalized spacial score (nSPS) is 19.5. The molecule has 0 aliphatic carbocycles. The van der Waals surface area contributed by atoms with Crippen molar-refractivity contribution in [2.24, 2.45) is 5.41 Å². The number of nitrogens with zero attached hydrogens (tertiary/aromatic N) is 4. The van der Waals surface area contributed by atoms with E-state index in [1.54, 1.807) is 52.7 Å². The molecule has 1 N–H and O–H groups in total. The molecule has 4 heterocycles. The number of hydrogen-bond acceptors (Lipinski definition) is 4. The van der Waals surface area contributed by atoms with Crippen LogP contribution < -0.4 is 10.2 Å². The minimum absolute atomic E-state index is 0.0581. The Morgan fingerprint density at radius 2 is 1.91 bits per heavy atom. The highest BCUT2D eigenvalue weighted by Gasteiger charge is 2.62. The van der Waals surface area contributed by atoms with Crippen molar-refractivity contribution in [2.75, 3.05) is 23.3 Å². The smallest absolute Gasteiger partial charge is 0.321 e. The Balaban J connectivity index is 1.38. The van der Waals surface area contributed by atoms with E-state index in [-0.39, 0.29) is 18.0 Å². The average molecular weight is 448 g/mol. The molecule has 0 bridgehead atoms. The molecular weight excluding hydrogens is 426 g/mol. The average Bonchev–Trinajstić information content (AvgIpc) is 2.83. The van der Waals surface area contributed by atoms with Gasteiger partial charge in [-0.3, -0.25) is 14.8 Å². The topological polar surface area (TPSA) is 78.4 Å². The molecule has 5 rings (SSSR count). The quantitative estimate of drug-likeness (QED) is 0.598. The standard InChI is InChI=1S/C24H22ClN5O2/c25-17-5-3-7-19(15-17)30-21(20-8-1-2-12-27-20)24(22(30)31)9-13-29(14-10-24)23(32)28-18-6-4-11-26-16-18/h1-8,11-12,15-16,21H,9-10,13-14H2,(H,28,32). The van der Waals surface area contributed by atoms with Crippen LogP contribution in [0.2, 0.25) is 5.02 Å². The second kappa shape index (κ2) is 8.24. The summed E-state index contributed by atoms with van der Waals surface area (Å²) < 4.78 is 0. The minimum Gasteiger partial charge on any atom is -0.324 e. The molecule has 2 aliphatic heterocycles. The van der Waals surface area contributed by atoms with Gasteiger partial charge in [0.1, 0.15) is 0 Å². The van der Waals surface area contributed by atoms with E-state index in [2.05, 4.69) is 15.3 Å². The Bertz CT molecular complexity index is 1130. The highest BCUT2D eigenvalue weighted by molar-refractivity contribution is 6.31. The van der Waals surface area contributed by atoms with Gasteiger partial charge in [0.25, 0.3) is 0 Å². The molecule has 1 atom stereocenters. The molecule has 8 heteroatoms. The van der Waals surface area contributed by atoms with Crippen LogP contribution >= 0.6 is 11.6 Å². The number of likely N-dealkylation sites (tertiary alicyclic amines) is 1. The van der Waals surface area contributed by atoms with E-state index in [1.807, 2.05) is 30.3 Å². The summed E-state index contributed by atoms with van der Waals surface area (Å²) in [4.78, 5) is 38.4. The lowest BCUT2D eigenvalue weighted by Gasteiger charge is -2.58. The van der Waals surface area contributed by atoms with Gasteiger partial charge >= 0.3 is 6.03 Å². The Kier molecular flexibility index (Phi) is 5.27. The fourth-order valence-electron chi connectivity index (χ4n) is 4.74. The van der Waals surface area contributed by atoms with Gasteiger partial charge in [-0.1, -0.05) is 23.7 Å². The molecule has 1 spiro atoms.